The van der Waals surface area contributed by atoms with E-state index in [0.717, 1.165) is 0 Å². The van der Waals surface area contributed by atoms with E-state index in [1.54, 1.807) is 4.57 Å². The van der Waals surface area contributed by atoms with Gasteiger partial charge in [0.05, 0.1) is 5.75 Å². The largest absolute Gasteiger partial charge is 0.333 e. The maximum absolute atomic E-state index is 11.2. The molecule has 0 radical (unpaired) electrons. The molecule has 0 N–H and O–H groups in total. The van der Waals surface area contributed by atoms with Crippen LogP contribution in [-0.4, -0.2) is 38.4 Å². The minimum absolute atomic E-state index is 0.0189. The van der Waals surface area contributed by atoms with Crippen LogP contribution < -0.4 is 0 Å². The number of sulfone groups is 1. The van der Waals surface area contributed by atoms with Crippen molar-refractivity contribution in [2.24, 2.45) is 0 Å². The molecule has 0 aliphatic carbocycles. The van der Waals surface area contributed by atoms with Gasteiger partial charge in [-0.05, 0) is 6.42 Å². The van der Waals surface area contributed by atoms with Crippen molar-refractivity contribution in [3.63, 3.8) is 0 Å². The lowest BCUT2D eigenvalue weighted by atomic mass is 10.2. The standard InChI is InChI=1S/C10H17ClN2O4S2/c1-8(2)10-12-9(19(11,16)17)7-13(10)5-4-6-18(3,14)15/h7-8H,4-6H2,1-3H3. The number of hydrogen-bond acceptors (Lipinski definition) is 5. The average Bonchev–Trinajstić information content (AvgIpc) is 2.59. The van der Waals surface area contributed by atoms with E-state index in [4.69, 9.17) is 10.7 Å². The highest BCUT2D eigenvalue weighted by Gasteiger charge is 2.19. The van der Waals surface area contributed by atoms with Gasteiger partial charge in [-0.25, -0.2) is 21.8 Å². The molecule has 1 heterocycles. The zero-order valence-electron chi connectivity index (χ0n) is 11.0. The van der Waals surface area contributed by atoms with E-state index in [1.165, 1.54) is 12.5 Å². The van der Waals surface area contributed by atoms with Gasteiger partial charge in [0.25, 0.3) is 9.05 Å². The summed E-state index contributed by atoms with van der Waals surface area (Å²) in [6.07, 6.45) is 2.91. The maximum atomic E-state index is 11.2. The molecule has 0 aliphatic heterocycles. The van der Waals surface area contributed by atoms with Crippen molar-refractivity contribution in [3.8, 4) is 0 Å². The molecule has 0 spiro atoms. The number of rotatable bonds is 6. The molecule has 0 atom stereocenters. The Kier molecular flexibility index (Phi) is 5.02. The fourth-order valence-electron chi connectivity index (χ4n) is 1.66. The number of imidazole rings is 1. The van der Waals surface area contributed by atoms with E-state index in [-0.39, 0.29) is 16.7 Å². The molecular formula is C10H17ClN2O4S2. The van der Waals surface area contributed by atoms with Crippen molar-refractivity contribution < 1.29 is 16.8 Å². The second-order valence-electron chi connectivity index (χ2n) is 4.71. The van der Waals surface area contributed by atoms with E-state index < -0.39 is 18.9 Å². The zero-order valence-corrected chi connectivity index (χ0v) is 13.4. The van der Waals surface area contributed by atoms with Crippen LogP contribution in [0.4, 0.5) is 0 Å². The first kappa shape index (κ1) is 16.5. The number of aromatic nitrogens is 2. The molecule has 110 valence electrons. The Morgan fingerprint density at radius 3 is 2.32 bits per heavy atom. The van der Waals surface area contributed by atoms with Gasteiger partial charge in [0.1, 0.15) is 15.7 Å². The molecule has 1 aromatic rings. The van der Waals surface area contributed by atoms with E-state index in [2.05, 4.69) is 4.98 Å². The summed E-state index contributed by atoms with van der Waals surface area (Å²) in [5.74, 6) is 0.643. The molecule has 6 nitrogen and oxygen atoms in total. The number of aryl methyl sites for hydroxylation is 1. The fourth-order valence-corrected chi connectivity index (χ4v) is 2.99. The Balaban J connectivity index is 2.96. The molecule has 1 aromatic heterocycles. The molecule has 9 heteroatoms. The van der Waals surface area contributed by atoms with Crippen LogP contribution in [0.2, 0.25) is 0 Å². The Bertz CT molecular complexity index is 647. The lowest BCUT2D eigenvalue weighted by Crippen LogP contribution is -2.09. The van der Waals surface area contributed by atoms with Crippen LogP contribution in [0.3, 0.4) is 0 Å². The monoisotopic (exact) mass is 328 g/mol. The highest BCUT2D eigenvalue weighted by Crippen LogP contribution is 2.20. The van der Waals surface area contributed by atoms with Gasteiger partial charge in [-0.15, -0.1) is 0 Å². The Hall–Kier alpha value is -0.600. The van der Waals surface area contributed by atoms with E-state index in [0.29, 0.717) is 18.8 Å². The minimum Gasteiger partial charge on any atom is -0.333 e. The highest BCUT2D eigenvalue weighted by atomic mass is 35.7. The van der Waals surface area contributed by atoms with Crippen LogP contribution in [0, 0.1) is 0 Å². The molecular weight excluding hydrogens is 312 g/mol. The van der Waals surface area contributed by atoms with E-state index >= 15 is 0 Å². The van der Waals surface area contributed by atoms with E-state index in [1.807, 2.05) is 13.8 Å². The summed E-state index contributed by atoms with van der Waals surface area (Å²) in [7, 11) is -1.64. The first-order chi connectivity index (χ1) is 8.50. The topological polar surface area (TPSA) is 86.1 Å². The average molecular weight is 329 g/mol. The molecule has 0 aromatic carbocycles. The van der Waals surface area contributed by atoms with Crippen molar-refractivity contribution in [2.75, 3.05) is 12.0 Å². The maximum Gasteiger partial charge on any atom is 0.280 e. The molecule has 0 aliphatic rings. The van der Waals surface area contributed by atoms with Gasteiger partial charge in [-0.1, -0.05) is 13.8 Å². The molecule has 0 unspecified atom stereocenters. The van der Waals surface area contributed by atoms with Gasteiger partial charge in [-0.2, -0.15) is 0 Å². The summed E-state index contributed by atoms with van der Waals surface area (Å²) in [5.41, 5.74) is 0. The molecule has 0 saturated carbocycles. The van der Waals surface area contributed by atoms with Gasteiger partial charge in [0, 0.05) is 35.6 Å². The summed E-state index contributed by atoms with van der Waals surface area (Å²) < 4.78 is 46.3. The van der Waals surface area contributed by atoms with Gasteiger partial charge in [0.2, 0.25) is 0 Å². The SMILES string of the molecule is CC(C)c1nc(S(=O)(=O)Cl)cn1CCCS(C)(=O)=O. The molecule has 0 saturated heterocycles. The van der Waals surface area contributed by atoms with E-state index in [9.17, 15) is 16.8 Å². The number of halogens is 1. The van der Waals surface area contributed by atoms with Crippen molar-refractivity contribution in [3.05, 3.63) is 12.0 Å². The fraction of sp³-hybridized carbons (Fsp3) is 0.700. The summed E-state index contributed by atoms with van der Waals surface area (Å²) in [6, 6.07) is 0. The Morgan fingerprint density at radius 1 is 1.32 bits per heavy atom. The second-order valence-corrected chi connectivity index (χ2v) is 9.48. The quantitative estimate of drug-likeness (QED) is 0.736. The first-order valence-electron chi connectivity index (χ1n) is 5.70. The van der Waals surface area contributed by atoms with Crippen LogP contribution in [0.15, 0.2) is 11.2 Å². The predicted octanol–water partition coefficient (Wildman–Crippen LogP) is 1.37. The zero-order chi connectivity index (χ0) is 14.8. The highest BCUT2D eigenvalue weighted by molar-refractivity contribution is 8.13. The van der Waals surface area contributed by atoms with Crippen LogP contribution >= 0.6 is 10.7 Å². The minimum atomic E-state index is -3.87. The molecule has 0 bridgehead atoms. The van der Waals surface area contributed by atoms with Gasteiger partial charge < -0.3 is 4.57 Å². The summed E-state index contributed by atoms with van der Waals surface area (Å²) >= 11 is 0. The van der Waals surface area contributed by atoms with Crippen molar-refractivity contribution in [2.45, 2.75) is 37.8 Å². The lowest BCUT2D eigenvalue weighted by Gasteiger charge is -2.09. The van der Waals surface area contributed by atoms with Crippen LogP contribution in [0.25, 0.3) is 0 Å². The van der Waals surface area contributed by atoms with Gasteiger partial charge in [-0.3, -0.25) is 0 Å². The second kappa shape index (κ2) is 5.80. The lowest BCUT2D eigenvalue weighted by molar-refractivity contribution is 0.581. The van der Waals surface area contributed by atoms with Crippen LogP contribution in [0.1, 0.15) is 32.0 Å². The predicted molar refractivity (Wildman–Crippen MR) is 73.7 cm³/mol. The molecule has 1 rings (SSSR count). The third-order valence-electron chi connectivity index (χ3n) is 2.47. The summed E-state index contributed by atoms with van der Waals surface area (Å²) in [6.45, 7) is 4.14. The Labute approximate surface area is 118 Å². The first-order valence-corrected chi connectivity index (χ1v) is 10.1. The molecule has 19 heavy (non-hydrogen) atoms. The summed E-state index contributed by atoms with van der Waals surface area (Å²) in [5, 5.41) is -0.197. The van der Waals surface area contributed by atoms with Crippen molar-refractivity contribution in [1.29, 1.82) is 0 Å². The van der Waals surface area contributed by atoms with Crippen LogP contribution in [0.5, 0.6) is 0 Å². The number of hydrogen-bond donors (Lipinski definition) is 0. The molecule has 0 amide bonds. The van der Waals surface area contributed by atoms with Gasteiger partial charge >= 0.3 is 0 Å². The van der Waals surface area contributed by atoms with Gasteiger partial charge in [0.15, 0.2) is 5.03 Å². The third kappa shape index (κ3) is 5.12. The number of nitrogens with zero attached hydrogens (tertiary/aromatic N) is 2. The van der Waals surface area contributed by atoms with Crippen molar-refractivity contribution in [1.82, 2.24) is 9.55 Å². The third-order valence-corrected chi connectivity index (χ3v) is 4.67. The smallest absolute Gasteiger partial charge is 0.280 e. The normalized spacial score (nSPS) is 13.1. The molecule has 0 fully saturated rings. The Morgan fingerprint density at radius 2 is 1.89 bits per heavy atom. The van der Waals surface area contributed by atoms with Crippen molar-refractivity contribution >= 4 is 29.6 Å². The van der Waals surface area contributed by atoms with Crippen LogP contribution in [-0.2, 0) is 25.4 Å². The summed E-state index contributed by atoms with van der Waals surface area (Å²) in [4.78, 5) is 3.99.